The molecule has 0 aliphatic heterocycles. The monoisotopic (exact) mass is 579 g/mol. The molecule has 1 saturated carbocycles. The van der Waals surface area contributed by atoms with Gasteiger partial charge >= 0.3 is 12.1 Å². The van der Waals surface area contributed by atoms with Crippen LogP contribution < -0.4 is 9.46 Å². The van der Waals surface area contributed by atoms with Crippen LogP contribution in [0, 0.1) is 0 Å². The normalized spacial score (nSPS) is 14.3. The number of hydrogen-bond acceptors (Lipinski definition) is 6. The van der Waals surface area contributed by atoms with Gasteiger partial charge in [-0.1, -0.05) is 54.1 Å². The average Bonchev–Trinajstić information content (AvgIpc) is 3.58. The summed E-state index contributed by atoms with van der Waals surface area (Å²) in [5.41, 5.74) is 4.60. The first-order valence-electron chi connectivity index (χ1n) is 12.3. The largest absolute Gasteiger partial charge is 0.496 e. The highest BCUT2D eigenvalue weighted by atomic mass is 35.5. The predicted octanol–water partition coefficient (Wildman–Crippen LogP) is 8.35. The van der Waals surface area contributed by atoms with Crippen molar-refractivity contribution in [1.29, 1.82) is 0 Å². The SMILES string of the molecule is COc1cc(-c2ccc(Cl)cc2SNC(=O)OC(C)c2ccsc2)ccc1-c1ccc(C2(C(=O)O)CC2)cc1. The molecule has 5 rings (SSSR count). The van der Waals surface area contributed by atoms with E-state index in [1.807, 2.05) is 72.3 Å². The van der Waals surface area contributed by atoms with Gasteiger partial charge in [0.2, 0.25) is 0 Å². The molecule has 1 heterocycles. The van der Waals surface area contributed by atoms with Crippen LogP contribution in [0.25, 0.3) is 22.3 Å². The summed E-state index contributed by atoms with van der Waals surface area (Å²) in [6.07, 6.45) is 0.431. The number of carbonyl (C=O) groups is 2. The second-order valence-corrected chi connectivity index (χ2v) is 11.4. The van der Waals surface area contributed by atoms with E-state index in [2.05, 4.69) is 4.72 Å². The van der Waals surface area contributed by atoms with Gasteiger partial charge in [0.1, 0.15) is 11.9 Å². The maximum atomic E-state index is 12.4. The molecule has 1 aromatic heterocycles. The van der Waals surface area contributed by atoms with Gasteiger partial charge < -0.3 is 14.6 Å². The molecule has 1 atom stereocenters. The molecule has 39 heavy (non-hydrogen) atoms. The quantitative estimate of drug-likeness (QED) is 0.194. The first-order valence-corrected chi connectivity index (χ1v) is 14.4. The number of benzene rings is 3. The fraction of sp³-hybridized carbons (Fsp3) is 0.200. The Kier molecular flexibility index (Phi) is 7.88. The van der Waals surface area contributed by atoms with Crippen molar-refractivity contribution in [1.82, 2.24) is 4.72 Å². The molecule has 1 aliphatic rings. The number of aliphatic carboxylic acids is 1. The number of halogens is 1. The zero-order chi connectivity index (χ0) is 27.6. The standard InChI is InChI=1S/C30H26ClNO5S2/c1-18(21-11-14-38-17-21)37-29(35)32-39-27-16-23(31)8-10-25(27)20-5-9-24(26(15-20)36-2)19-3-6-22(7-4-19)30(12-13-30)28(33)34/h3-11,14-18H,12-13H2,1-2H3,(H,32,35)(H,33,34). The van der Waals surface area contributed by atoms with Crippen LogP contribution >= 0.6 is 34.9 Å². The Morgan fingerprint density at radius 1 is 1.03 bits per heavy atom. The fourth-order valence-electron chi connectivity index (χ4n) is 4.49. The first-order chi connectivity index (χ1) is 18.8. The van der Waals surface area contributed by atoms with Gasteiger partial charge in [-0.05, 0) is 89.0 Å². The van der Waals surface area contributed by atoms with Crippen LogP contribution in [0.5, 0.6) is 5.75 Å². The van der Waals surface area contributed by atoms with Crippen LogP contribution in [0.3, 0.4) is 0 Å². The van der Waals surface area contributed by atoms with Gasteiger partial charge in [0, 0.05) is 21.0 Å². The van der Waals surface area contributed by atoms with Crippen molar-refractivity contribution >= 4 is 46.9 Å². The van der Waals surface area contributed by atoms with Crippen molar-refractivity contribution in [3.63, 3.8) is 0 Å². The summed E-state index contributed by atoms with van der Waals surface area (Å²) in [6.45, 7) is 1.83. The summed E-state index contributed by atoms with van der Waals surface area (Å²) in [5, 5.41) is 14.0. The van der Waals surface area contributed by atoms with E-state index in [1.165, 1.54) is 0 Å². The van der Waals surface area contributed by atoms with Crippen LogP contribution in [0.15, 0.2) is 82.4 Å². The third-order valence-corrected chi connectivity index (χ3v) is 8.67. The number of rotatable bonds is 9. The third-order valence-electron chi connectivity index (χ3n) is 6.90. The molecule has 0 spiro atoms. The highest BCUT2D eigenvalue weighted by molar-refractivity contribution is 7.98. The van der Waals surface area contributed by atoms with Gasteiger partial charge in [0.25, 0.3) is 0 Å². The van der Waals surface area contributed by atoms with Crippen LogP contribution in [0.2, 0.25) is 5.02 Å². The van der Waals surface area contributed by atoms with E-state index in [-0.39, 0.29) is 6.10 Å². The maximum Gasteiger partial charge on any atom is 0.418 e. The molecule has 200 valence electrons. The minimum atomic E-state index is -0.770. The lowest BCUT2D eigenvalue weighted by molar-refractivity contribution is -0.140. The van der Waals surface area contributed by atoms with Gasteiger partial charge in [0.05, 0.1) is 12.5 Å². The third kappa shape index (κ3) is 5.78. The summed E-state index contributed by atoms with van der Waals surface area (Å²) in [4.78, 5) is 24.9. The van der Waals surface area contributed by atoms with E-state index in [1.54, 1.807) is 30.6 Å². The van der Waals surface area contributed by atoms with Crippen LogP contribution in [-0.4, -0.2) is 24.3 Å². The summed E-state index contributed by atoms with van der Waals surface area (Å²) in [7, 11) is 1.62. The Morgan fingerprint density at radius 2 is 1.74 bits per heavy atom. The van der Waals surface area contributed by atoms with Gasteiger partial charge in [-0.25, -0.2) is 4.79 Å². The van der Waals surface area contributed by atoms with Gasteiger partial charge in [-0.3, -0.25) is 9.52 Å². The fourth-order valence-corrected chi connectivity index (χ4v) is 6.19. The second kappa shape index (κ2) is 11.3. The Morgan fingerprint density at radius 3 is 2.38 bits per heavy atom. The highest BCUT2D eigenvalue weighted by Crippen LogP contribution is 2.49. The lowest BCUT2D eigenvalue weighted by Gasteiger charge is -2.16. The Balaban J connectivity index is 1.35. The number of carboxylic acids is 1. The molecule has 9 heteroatoms. The number of methoxy groups -OCH3 is 1. The number of thiophene rings is 1. The minimum absolute atomic E-state index is 0.361. The topological polar surface area (TPSA) is 84.9 Å². The minimum Gasteiger partial charge on any atom is -0.496 e. The molecule has 1 fully saturated rings. The number of nitrogens with one attached hydrogen (secondary N) is 1. The lowest BCUT2D eigenvalue weighted by atomic mass is 9.93. The molecule has 0 radical (unpaired) electrons. The molecule has 2 N–H and O–H groups in total. The molecule has 0 saturated heterocycles. The highest BCUT2D eigenvalue weighted by Gasteiger charge is 2.51. The average molecular weight is 580 g/mol. The zero-order valence-electron chi connectivity index (χ0n) is 21.3. The van der Waals surface area contributed by atoms with Crippen LogP contribution in [0.1, 0.15) is 37.0 Å². The van der Waals surface area contributed by atoms with Crippen molar-refractivity contribution in [3.8, 4) is 28.0 Å². The van der Waals surface area contributed by atoms with Gasteiger partial charge in [-0.2, -0.15) is 11.3 Å². The molecule has 1 aliphatic carbocycles. The molecule has 4 aromatic rings. The maximum absolute atomic E-state index is 12.4. The van der Waals surface area contributed by atoms with E-state index in [0.29, 0.717) is 23.6 Å². The summed E-state index contributed by atoms with van der Waals surface area (Å²) in [6, 6.07) is 21.0. The molecule has 1 amide bonds. The van der Waals surface area contributed by atoms with E-state index in [9.17, 15) is 14.7 Å². The number of carbonyl (C=O) groups excluding carboxylic acids is 1. The zero-order valence-corrected chi connectivity index (χ0v) is 23.7. The number of hydrogen-bond donors (Lipinski definition) is 2. The lowest BCUT2D eigenvalue weighted by Crippen LogP contribution is -2.19. The Hall–Kier alpha value is -3.46. The summed E-state index contributed by atoms with van der Waals surface area (Å²) >= 11 is 8.97. The number of ether oxygens (including phenoxy) is 2. The second-order valence-electron chi connectivity index (χ2n) is 9.33. The Labute approximate surface area is 240 Å². The van der Waals surface area contributed by atoms with E-state index >= 15 is 0 Å². The molecule has 6 nitrogen and oxygen atoms in total. The van der Waals surface area contributed by atoms with Crippen LogP contribution in [0.4, 0.5) is 4.79 Å². The van der Waals surface area contributed by atoms with Crippen molar-refractivity contribution in [2.24, 2.45) is 0 Å². The number of amides is 1. The molecule has 1 unspecified atom stereocenters. The summed E-state index contributed by atoms with van der Waals surface area (Å²) < 4.78 is 14.0. The van der Waals surface area contributed by atoms with E-state index < -0.39 is 17.5 Å². The van der Waals surface area contributed by atoms with E-state index in [0.717, 1.165) is 50.2 Å². The Bertz CT molecular complexity index is 1500. The molecule has 3 aromatic carbocycles. The van der Waals surface area contributed by atoms with Crippen molar-refractivity contribution in [2.45, 2.75) is 36.2 Å². The van der Waals surface area contributed by atoms with Crippen molar-refractivity contribution in [2.75, 3.05) is 7.11 Å². The van der Waals surface area contributed by atoms with Crippen molar-refractivity contribution < 1.29 is 24.2 Å². The summed E-state index contributed by atoms with van der Waals surface area (Å²) in [5.74, 6) is -0.101. The first kappa shape index (κ1) is 27.1. The van der Waals surface area contributed by atoms with Gasteiger partial charge in [-0.15, -0.1) is 0 Å². The smallest absolute Gasteiger partial charge is 0.418 e. The molecule has 0 bridgehead atoms. The van der Waals surface area contributed by atoms with Crippen LogP contribution in [-0.2, 0) is 14.9 Å². The van der Waals surface area contributed by atoms with Crippen molar-refractivity contribution in [3.05, 3.63) is 93.6 Å². The van der Waals surface area contributed by atoms with E-state index in [4.69, 9.17) is 21.1 Å². The molecular weight excluding hydrogens is 554 g/mol. The van der Waals surface area contributed by atoms with Gasteiger partial charge in [0.15, 0.2) is 0 Å². The molecular formula is C30H26ClNO5S2. The predicted molar refractivity (Wildman–Crippen MR) is 156 cm³/mol. The number of carboxylic acid groups (broad SMARTS) is 1.